The van der Waals surface area contributed by atoms with Crippen LogP contribution in [0.3, 0.4) is 0 Å². The number of nitrogens with zero attached hydrogens (tertiary/aromatic N) is 3. The molecule has 0 saturated carbocycles. The molecule has 0 radical (unpaired) electrons. The highest BCUT2D eigenvalue weighted by Crippen LogP contribution is 2.29. The Morgan fingerprint density at radius 1 is 1.03 bits per heavy atom. The highest BCUT2D eigenvalue weighted by Gasteiger charge is 2.39. The molecule has 172 valence electrons. The molecule has 1 atom stereocenters. The van der Waals surface area contributed by atoms with Crippen LogP contribution in [0.4, 0.5) is 0 Å². The van der Waals surface area contributed by atoms with Gasteiger partial charge in [0.05, 0.1) is 5.69 Å². The Hall–Kier alpha value is -3.10. The molecule has 0 aliphatic carbocycles. The molecule has 2 fully saturated rings. The van der Waals surface area contributed by atoms with E-state index in [9.17, 15) is 14.4 Å². The number of rotatable bonds is 6. The van der Waals surface area contributed by atoms with Gasteiger partial charge in [-0.25, -0.2) is 0 Å². The average Bonchev–Trinajstić information content (AvgIpc) is 3.15. The third kappa shape index (κ3) is 4.67. The molecule has 2 aromatic rings. The van der Waals surface area contributed by atoms with E-state index < -0.39 is 6.04 Å². The van der Waals surface area contributed by atoms with E-state index in [0.717, 1.165) is 55.8 Å². The van der Waals surface area contributed by atoms with Crippen molar-refractivity contribution >= 4 is 17.7 Å². The van der Waals surface area contributed by atoms with E-state index in [-0.39, 0.29) is 24.1 Å². The normalized spacial score (nSPS) is 21.4. The molecule has 8 heteroatoms. The number of amides is 3. The minimum absolute atomic E-state index is 0.130. The van der Waals surface area contributed by atoms with Crippen molar-refractivity contribution in [2.45, 2.75) is 57.4 Å². The molecular formula is C25H29N5O3. The lowest BCUT2D eigenvalue weighted by Crippen LogP contribution is -2.52. The molecule has 8 nitrogen and oxygen atoms in total. The van der Waals surface area contributed by atoms with Gasteiger partial charge in [-0.15, -0.1) is 0 Å². The van der Waals surface area contributed by atoms with Crippen LogP contribution in [0.2, 0.25) is 0 Å². The van der Waals surface area contributed by atoms with Gasteiger partial charge in [0.15, 0.2) is 0 Å². The van der Waals surface area contributed by atoms with Crippen molar-refractivity contribution < 1.29 is 14.4 Å². The third-order valence-corrected chi connectivity index (χ3v) is 6.89. The summed E-state index contributed by atoms with van der Waals surface area (Å²) in [7, 11) is 0. The molecule has 3 aliphatic rings. The summed E-state index contributed by atoms with van der Waals surface area (Å²) in [5.41, 5.74) is 3.81. The van der Waals surface area contributed by atoms with Gasteiger partial charge in [-0.05, 0) is 61.7 Å². The Morgan fingerprint density at radius 2 is 1.88 bits per heavy atom. The SMILES string of the molecule is O=C1CCC(N2Cc3cc(CN(Cc4ccccn4)C4CCNCC4)ccc3C2=O)C(=O)N1. The van der Waals surface area contributed by atoms with Crippen LogP contribution < -0.4 is 10.6 Å². The molecule has 2 saturated heterocycles. The summed E-state index contributed by atoms with van der Waals surface area (Å²) >= 11 is 0. The minimum Gasteiger partial charge on any atom is -0.322 e. The van der Waals surface area contributed by atoms with Crippen LogP contribution in [0.15, 0.2) is 42.6 Å². The maximum absolute atomic E-state index is 13.0. The van der Waals surface area contributed by atoms with Gasteiger partial charge in [0.25, 0.3) is 5.91 Å². The van der Waals surface area contributed by atoms with Crippen molar-refractivity contribution in [3.8, 4) is 0 Å². The first-order valence-corrected chi connectivity index (χ1v) is 11.7. The fourth-order valence-electron chi connectivity index (χ4n) is 5.15. The van der Waals surface area contributed by atoms with Crippen LogP contribution in [-0.2, 0) is 29.2 Å². The number of carbonyl (C=O) groups is 3. The number of imide groups is 1. The summed E-state index contributed by atoms with van der Waals surface area (Å²) in [4.78, 5) is 45.4. The average molecular weight is 448 g/mol. The van der Waals surface area contributed by atoms with Gasteiger partial charge < -0.3 is 10.2 Å². The smallest absolute Gasteiger partial charge is 0.255 e. The quantitative estimate of drug-likeness (QED) is 0.654. The number of aromatic nitrogens is 1. The van der Waals surface area contributed by atoms with Gasteiger partial charge in [0.2, 0.25) is 11.8 Å². The number of hydrogen-bond donors (Lipinski definition) is 2. The second-order valence-corrected chi connectivity index (χ2v) is 9.10. The van der Waals surface area contributed by atoms with Crippen molar-refractivity contribution in [3.63, 3.8) is 0 Å². The fourth-order valence-corrected chi connectivity index (χ4v) is 5.15. The van der Waals surface area contributed by atoms with Crippen LogP contribution in [0.5, 0.6) is 0 Å². The molecule has 33 heavy (non-hydrogen) atoms. The number of fused-ring (bicyclic) bond motifs is 1. The highest BCUT2D eigenvalue weighted by molar-refractivity contribution is 6.05. The summed E-state index contributed by atoms with van der Waals surface area (Å²) in [5.74, 6) is -0.775. The lowest BCUT2D eigenvalue weighted by Gasteiger charge is -2.34. The zero-order valence-corrected chi connectivity index (χ0v) is 18.6. The molecule has 3 aliphatic heterocycles. The van der Waals surface area contributed by atoms with Crippen molar-refractivity contribution in [3.05, 3.63) is 65.0 Å². The summed E-state index contributed by atoms with van der Waals surface area (Å²) in [5, 5.41) is 5.80. The highest BCUT2D eigenvalue weighted by atomic mass is 16.2. The van der Waals surface area contributed by atoms with Gasteiger partial charge in [-0.3, -0.25) is 29.6 Å². The zero-order valence-electron chi connectivity index (χ0n) is 18.6. The molecule has 5 rings (SSSR count). The van der Waals surface area contributed by atoms with Crippen LogP contribution in [0, 0.1) is 0 Å². The topological polar surface area (TPSA) is 94.6 Å². The van der Waals surface area contributed by atoms with E-state index in [4.69, 9.17) is 0 Å². The number of piperidine rings is 2. The van der Waals surface area contributed by atoms with E-state index in [0.29, 0.717) is 24.6 Å². The first-order chi connectivity index (χ1) is 16.1. The second-order valence-electron chi connectivity index (χ2n) is 9.10. The van der Waals surface area contributed by atoms with Crippen molar-refractivity contribution in [1.29, 1.82) is 0 Å². The predicted molar refractivity (Wildman–Crippen MR) is 122 cm³/mol. The number of benzene rings is 1. The van der Waals surface area contributed by atoms with E-state index in [1.54, 1.807) is 4.90 Å². The predicted octanol–water partition coefficient (Wildman–Crippen LogP) is 1.60. The van der Waals surface area contributed by atoms with E-state index in [1.807, 2.05) is 30.5 Å². The summed E-state index contributed by atoms with van der Waals surface area (Å²) in [6.07, 6.45) is 4.67. The Kier molecular flexibility index (Phi) is 6.20. The van der Waals surface area contributed by atoms with Crippen molar-refractivity contribution in [1.82, 2.24) is 25.4 Å². The molecule has 2 N–H and O–H groups in total. The first-order valence-electron chi connectivity index (χ1n) is 11.7. The second kappa shape index (κ2) is 9.41. The molecule has 3 amide bonds. The van der Waals surface area contributed by atoms with Gasteiger partial charge >= 0.3 is 0 Å². The number of carbonyl (C=O) groups excluding carboxylic acids is 3. The number of nitrogens with one attached hydrogen (secondary N) is 2. The molecule has 4 heterocycles. The van der Waals surface area contributed by atoms with Crippen LogP contribution in [-0.4, -0.2) is 57.7 Å². The Balaban J connectivity index is 1.33. The summed E-state index contributed by atoms with van der Waals surface area (Å²) in [6.45, 7) is 4.00. The van der Waals surface area contributed by atoms with Gasteiger partial charge in [0.1, 0.15) is 6.04 Å². The Morgan fingerprint density at radius 3 is 2.64 bits per heavy atom. The standard InChI is InChI=1S/C25H29N5O3/c31-23-7-6-22(24(32)28-23)30-15-18-13-17(4-5-21(18)25(30)33)14-29(20-8-11-26-12-9-20)16-19-3-1-2-10-27-19/h1-5,10,13,20,22,26H,6-9,11-12,14-16H2,(H,28,31,32). The van der Waals surface area contributed by atoms with Crippen LogP contribution >= 0.6 is 0 Å². The molecule has 0 bridgehead atoms. The largest absolute Gasteiger partial charge is 0.322 e. The van der Waals surface area contributed by atoms with E-state index >= 15 is 0 Å². The maximum atomic E-state index is 13.0. The molecule has 1 unspecified atom stereocenters. The molecule has 1 aromatic carbocycles. The number of pyridine rings is 1. The number of hydrogen-bond acceptors (Lipinski definition) is 6. The van der Waals surface area contributed by atoms with Gasteiger partial charge in [-0.2, -0.15) is 0 Å². The summed E-state index contributed by atoms with van der Waals surface area (Å²) < 4.78 is 0. The first kappa shape index (κ1) is 21.7. The van der Waals surface area contributed by atoms with Crippen LogP contribution in [0.1, 0.15) is 52.9 Å². The monoisotopic (exact) mass is 447 g/mol. The lowest BCUT2D eigenvalue weighted by molar-refractivity contribution is -0.136. The fraction of sp³-hybridized carbons (Fsp3) is 0.440. The molecule has 0 spiro atoms. The Bertz CT molecular complexity index is 1050. The van der Waals surface area contributed by atoms with Crippen molar-refractivity contribution in [2.75, 3.05) is 13.1 Å². The maximum Gasteiger partial charge on any atom is 0.255 e. The minimum atomic E-state index is -0.582. The van der Waals surface area contributed by atoms with Crippen LogP contribution in [0.25, 0.3) is 0 Å². The lowest BCUT2D eigenvalue weighted by atomic mass is 10.0. The molecular weight excluding hydrogens is 418 g/mol. The zero-order chi connectivity index (χ0) is 22.8. The van der Waals surface area contributed by atoms with Gasteiger partial charge in [-0.1, -0.05) is 18.2 Å². The van der Waals surface area contributed by atoms with E-state index in [2.05, 4.69) is 32.7 Å². The van der Waals surface area contributed by atoms with Crippen molar-refractivity contribution in [2.24, 2.45) is 0 Å². The third-order valence-electron chi connectivity index (χ3n) is 6.89. The Labute approximate surface area is 193 Å². The van der Waals surface area contributed by atoms with Gasteiger partial charge in [0, 0.05) is 43.9 Å². The summed E-state index contributed by atoms with van der Waals surface area (Å²) in [6, 6.07) is 11.9. The van der Waals surface area contributed by atoms with E-state index in [1.165, 1.54) is 0 Å². The molecule has 1 aromatic heterocycles.